The topological polar surface area (TPSA) is 76.1 Å². The Balaban J connectivity index is 1.91. The van der Waals surface area contributed by atoms with Crippen LogP contribution in [0.15, 0.2) is 18.2 Å². The number of ether oxygens (including phenoxy) is 2. The van der Waals surface area contributed by atoms with E-state index >= 15 is 0 Å². The maximum Gasteiger partial charge on any atom is 0.422 e. The van der Waals surface area contributed by atoms with Gasteiger partial charge in [-0.2, -0.15) is 13.2 Å². The van der Waals surface area contributed by atoms with Gasteiger partial charge in [0.2, 0.25) is 5.91 Å². The lowest BCUT2D eigenvalue weighted by Crippen LogP contribution is -2.30. The molecule has 1 atom stereocenters. The summed E-state index contributed by atoms with van der Waals surface area (Å²) in [7, 11) is 1.32. The van der Waals surface area contributed by atoms with Gasteiger partial charge in [-0.25, -0.2) is 0 Å². The van der Waals surface area contributed by atoms with Crippen LogP contribution in [0.1, 0.15) is 18.4 Å². The highest BCUT2D eigenvalue weighted by Gasteiger charge is 2.31. The van der Waals surface area contributed by atoms with Gasteiger partial charge in [-0.1, -0.05) is 6.07 Å². The molecule has 1 fully saturated rings. The van der Waals surface area contributed by atoms with Crippen molar-refractivity contribution >= 4 is 11.9 Å². The summed E-state index contributed by atoms with van der Waals surface area (Å²) in [6.07, 6.45) is -3.46. The number of benzene rings is 1. The van der Waals surface area contributed by atoms with E-state index in [1.807, 2.05) is 0 Å². The van der Waals surface area contributed by atoms with Crippen molar-refractivity contribution in [1.82, 2.24) is 4.90 Å². The van der Waals surface area contributed by atoms with Crippen LogP contribution in [0, 0.1) is 5.92 Å². The molecular formula is C17H20F3NO5. The number of aliphatic carboxylic acids is 1. The van der Waals surface area contributed by atoms with E-state index in [-0.39, 0.29) is 30.4 Å². The molecule has 1 amide bonds. The highest BCUT2D eigenvalue weighted by atomic mass is 19.4. The minimum atomic E-state index is -4.44. The zero-order valence-electron chi connectivity index (χ0n) is 14.2. The number of aryl methyl sites for hydroxylation is 1. The summed E-state index contributed by atoms with van der Waals surface area (Å²) in [5, 5.41) is 8.96. The number of methoxy groups -OCH3 is 1. The molecule has 0 aliphatic carbocycles. The summed E-state index contributed by atoms with van der Waals surface area (Å²) in [5.41, 5.74) is 0.712. The SMILES string of the molecule is COc1cc(CCC(=O)N2CC[C@@H](C(=O)O)C2)ccc1OCC(F)(F)F. The van der Waals surface area contributed by atoms with Gasteiger partial charge in [0.25, 0.3) is 0 Å². The van der Waals surface area contributed by atoms with Gasteiger partial charge in [-0.3, -0.25) is 9.59 Å². The molecule has 1 aliphatic rings. The molecule has 1 saturated heterocycles. The van der Waals surface area contributed by atoms with Gasteiger partial charge >= 0.3 is 12.1 Å². The number of nitrogens with zero attached hydrogens (tertiary/aromatic N) is 1. The minimum Gasteiger partial charge on any atom is -0.493 e. The maximum absolute atomic E-state index is 12.2. The molecule has 2 rings (SSSR count). The van der Waals surface area contributed by atoms with E-state index in [4.69, 9.17) is 14.6 Å². The van der Waals surface area contributed by atoms with Crippen LogP contribution in [-0.4, -0.2) is 54.9 Å². The molecule has 0 spiro atoms. The Hall–Kier alpha value is -2.45. The smallest absolute Gasteiger partial charge is 0.422 e. The number of rotatable bonds is 7. The molecule has 0 saturated carbocycles. The lowest BCUT2D eigenvalue weighted by atomic mass is 10.1. The second-order valence-electron chi connectivity index (χ2n) is 6.05. The second-order valence-corrected chi connectivity index (χ2v) is 6.05. The molecule has 0 radical (unpaired) electrons. The first kappa shape index (κ1) is 19.9. The van der Waals surface area contributed by atoms with Crippen LogP contribution in [0.4, 0.5) is 13.2 Å². The van der Waals surface area contributed by atoms with Gasteiger partial charge < -0.3 is 19.5 Å². The van der Waals surface area contributed by atoms with Crippen LogP contribution in [0.5, 0.6) is 11.5 Å². The van der Waals surface area contributed by atoms with E-state index in [9.17, 15) is 22.8 Å². The van der Waals surface area contributed by atoms with Gasteiger partial charge in [0, 0.05) is 19.5 Å². The Bertz CT molecular complexity index is 662. The first-order valence-electron chi connectivity index (χ1n) is 8.06. The van der Waals surface area contributed by atoms with E-state index in [0.29, 0.717) is 24.9 Å². The predicted octanol–water partition coefficient (Wildman–Crippen LogP) is 2.50. The molecule has 1 aliphatic heterocycles. The number of likely N-dealkylation sites (tertiary alicyclic amines) is 1. The molecule has 9 heteroatoms. The summed E-state index contributed by atoms with van der Waals surface area (Å²) < 4.78 is 46.5. The van der Waals surface area contributed by atoms with Gasteiger partial charge in [0.15, 0.2) is 18.1 Å². The van der Waals surface area contributed by atoms with Gasteiger partial charge in [0.05, 0.1) is 13.0 Å². The van der Waals surface area contributed by atoms with Crippen molar-refractivity contribution in [2.75, 3.05) is 26.8 Å². The summed E-state index contributed by atoms with van der Waals surface area (Å²) in [5.74, 6) is -1.44. The molecule has 0 unspecified atom stereocenters. The molecular weight excluding hydrogens is 355 g/mol. The third-order valence-electron chi connectivity index (χ3n) is 4.14. The Kier molecular flexibility index (Phi) is 6.33. The minimum absolute atomic E-state index is 0.0243. The Morgan fingerprint density at radius 3 is 2.62 bits per heavy atom. The van der Waals surface area contributed by atoms with Gasteiger partial charge in [-0.05, 0) is 30.5 Å². The first-order chi connectivity index (χ1) is 12.2. The van der Waals surface area contributed by atoms with E-state index in [1.54, 1.807) is 6.07 Å². The zero-order valence-corrected chi connectivity index (χ0v) is 14.2. The van der Waals surface area contributed by atoms with Crippen LogP contribution in [0.2, 0.25) is 0 Å². The van der Waals surface area contributed by atoms with Crippen LogP contribution in [0.3, 0.4) is 0 Å². The Morgan fingerprint density at radius 2 is 2.04 bits per heavy atom. The predicted molar refractivity (Wildman–Crippen MR) is 85.2 cm³/mol. The van der Waals surface area contributed by atoms with E-state index in [0.717, 1.165) is 0 Å². The Morgan fingerprint density at radius 1 is 1.31 bits per heavy atom. The van der Waals surface area contributed by atoms with Crippen molar-refractivity contribution in [2.45, 2.75) is 25.4 Å². The molecule has 0 bridgehead atoms. The number of carboxylic acid groups (broad SMARTS) is 1. The number of alkyl halides is 3. The lowest BCUT2D eigenvalue weighted by Gasteiger charge is -2.16. The van der Waals surface area contributed by atoms with Gasteiger partial charge in [0.1, 0.15) is 0 Å². The lowest BCUT2D eigenvalue weighted by molar-refractivity contribution is -0.153. The highest BCUT2D eigenvalue weighted by molar-refractivity contribution is 5.79. The fraction of sp³-hybridized carbons (Fsp3) is 0.529. The summed E-state index contributed by atoms with van der Waals surface area (Å²) in [6, 6.07) is 4.48. The van der Waals surface area contributed by atoms with Crippen molar-refractivity contribution in [2.24, 2.45) is 5.92 Å². The monoisotopic (exact) mass is 375 g/mol. The maximum atomic E-state index is 12.2. The van der Waals surface area contributed by atoms with E-state index in [1.165, 1.54) is 24.1 Å². The zero-order chi connectivity index (χ0) is 19.3. The number of carbonyl (C=O) groups is 2. The molecule has 144 valence electrons. The number of hydrogen-bond acceptors (Lipinski definition) is 4. The highest BCUT2D eigenvalue weighted by Crippen LogP contribution is 2.30. The van der Waals surface area contributed by atoms with Crippen LogP contribution in [-0.2, 0) is 16.0 Å². The normalized spacial score (nSPS) is 17.2. The van der Waals surface area contributed by atoms with Gasteiger partial charge in [-0.15, -0.1) is 0 Å². The quantitative estimate of drug-likeness (QED) is 0.793. The second kappa shape index (κ2) is 8.29. The number of carboxylic acids is 1. The fourth-order valence-electron chi connectivity index (χ4n) is 2.74. The molecule has 1 N–H and O–H groups in total. The third kappa shape index (κ3) is 5.53. The molecule has 0 aromatic heterocycles. The molecule has 6 nitrogen and oxygen atoms in total. The standard InChI is InChI=1S/C17H20F3NO5/c1-25-14-8-11(2-4-13(14)26-10-17(18,19)20)3-5-15(22)21-7-6-12(9-21)16(23)24/h2,4,8,12H,3,5-7,9-10H2,1H3,(H,23,24)/t12-/m1/s1. The van der Waals surface area contributed by atoms with Crippen molar-refractivity contribution in [3.8, 4) is 11.5 Å². The average molecular weight is 375 g/mol. The van der Waals surface area contributed by atoms with Crippen LogP contribution in [0.25, 0.3) is 0 Å². The number of carbonyl (C=O) groups excluding carboxylic acids is 1. The van der Waals surface area contributed by atoms with E-state index < -0.39 is 24.7 Å². The fourth-order valence-corrected chi connectivity index (χ4v) is 2.74. The van der Waals surface area contributed by atoms with Crippen molar-refractivity contribution in [3.05, 3.63) is 23.8 Å². The Labute approximate surface area is 148 Å². The summed E-state index contributed by atoms with van der Waals surface area (Å²) in [6.45, 7) is -0.786. The number of halogens is 3. The van der Waals surface area contributed by atoms with E-state index in [2.05, 4.69) is 0 Å². The van der Waals surface area contributed by atoms with Crippen molar-refractivity contribution in [3.63, 3.8) is 0 Å². The molecule has 26 heavy (non-hydrogen) atoms. The van der Waals surface area contributed by atoms with Crippen LogP contribution >= 0.6 is 0 Å². The number of hydrogen-bond donors (Lipinski definition) is 1. The van der Waals surface area contributed by atoms with Crippen molar-refractivity contribution < 1.29 is 37.3 Å². The molecule has 1 aromatic rings. The molecule has 1 aromatic carbocycles. The third-order valence-corrected chi connectivity index (χ3v) is 4.14. The molecule has 1 heterocycles. The van der Waals surface area contributed by atoms with Crippen LogP contribution < -0.4 is 9.47 Å². The summed E-state index contributed by atoms with van der Waals surface area (Å²) in [4.78, 5) is 24.6. The first-order valence-corrected chi connectivity index (χ1v) is 8.06. The largest absolute Gasteiger partial charge is 0.493 e. The number of amides is 1. The summed E-state index contributed by atoms with van der Waals surface area (Å²) >= 11 is 0. The average Bonchev–Trinajstić information content (AvgIpc) is 3.07. The van der Waals surface area contributed by atoms with Crippen molar-refractivity contribution in [1.29, 1.82) is 0 Å².